The molecule has 2 atom stereocenters. The van der Waals surface area contributed by atoms with E-state index in [2.05, 4.69) is 5.32 Å². The number of nitrogens with zero attached hydrogens (tertiary/aromatic N) is 1. The number of carbonyl (C=O) groups is 3. The lowest BCUT2D eigenvalue weighted by molar-refractivity contribution is -0.143. The van der Waals surface area contributed by atoms with Crippen LogP contribution < -0.4 is 5.32 Å². The fourth-order valence-corrected chi connectivity index (χ4v) is 4.60. The molecule has 0 bridgehead atoms. The van der Waals surface area contributed by atoms with Crippen LogP contribution in [0.3, 0.4) is 0 Å². The van der Waals surface area contributed by atoms with Gasteiger partial charge in [0, 0.05) is 19.4 Å². The van der Waals surface area contributed by atoms with Gasteiger partial charge in [0.1, 0.15) is 12.1 Å². The fraction of sp³-hybridized carbons (Fsp3) is 0.609. The first-order valence-corrected chi connectivity index (χ1v) is 10.9. The van der Waals surface area contributed by atoms with E-state index in [4.69, 9.17) is 0 Å². The molecule has 0 spiro atoms. The molecule has 0 radical (unpaired) electrons. The second kappa shape index (κ2) is 10.4. The lowest BCUT2D eigenvalue weighted by Crippen LogP contribution is -2.51. The van der Waals surface area contributed by atoms with E-state index in [0.29, 0.717) is 25.3 Å². The predicted octanol–water partition coefficient (Wildman–Crippen LogP) is 3.15. The van der Waals surface area contributed by atoms with Gasteiger partial charge in [-0.25, -0.2) is 4.79 Å². The van der Waals surface area contributed by atoms with Crippen molar-refractivity contribution in [3.05, 3.63) is 35.9 Å². The number of benzene rings is 1. The Labute approximate surface area is 172 Å². The maximum absolute atomic E-state index is 12.8. The van der Waals surface area contributed by atoms with Gasteiger partial charge in [-0.2, -0.15) is 0 Å². The van der Waals surface area contributed by atoms with E-state index in [9.17, 15) is 19.5 Å². The highest BCUT2D eigenvalue weighted by Crippen LogP contribution is 2.28. The Hall–Kier alpha value is -2.37. The van der Waals surface area contributed by atoms with E-state index in [1.807, 2.05) is 30.3 Å². The number of likely N-dealkylation sites (tertiary alicyclic amines) is 1. The minimum Gasteiger partial charge on any atom is -0.480 e. The highest BCUT2D eigenvalue weighted by atomic mass is 16.4. The summed E-state index contributed by atoms with van der Waals surface area (Å²) >= 11 is 0. The van der Waals surface area contributed by atoms with Crippen molar-refractivity contribution in [2.24, 2.45) is 5.92 Å². The molecule has 0 unspecified atom stereocenters. The summed E-state index contributed by atoms with van der Waals surface area (Å²) in [6.07, 6.45) is 9.21. The van der Waals surface area contributed by atoms with Gasteiger partial charge in [-0.3, -0.25) is 9.59 Å². The van der Waals surface area contributed by atoms with Crippen molar-refractivity contribution in [2.45, 2.75) is 76.3 Å². The molecule has 158 valence electrons. The molecule has 0 aromatic heterocycles. The maximum atomic E-state index is 12.8. The summed E-state index contributed by atoms with van der Waals surface area (Å²) in [5, 5.41) is 12.2. The number of hydrogen-bond acceptors (Lipinski definition) is 3. The zero-order valence-corrected chi connectivity index (χ0v) is 17.0. The smallest absolute Gasteiger partial charge is 0.326 e. The Balaban J connectivity index is 1.54. The zero-order chi connectivity index (χ0) is 20.6. The van der Waals surface area contributed by atoms with Crippen molar-refractivity contribution < 1.29 is 19.5 Å². The number of carboxylic acid groups (broad SMARTS) is 1. The average molecular weight is 401 g/mol. The van der Waals surface area contributed by atoms with Gasteiger partial charge in [0.15, 0.2) is 0 Å². The summed E-state index contributed by atoms with van der Waals surface area (Å²) in [6, 6.07) is 7.71. The Morgan fingerprint density at radius 2 is 1.76 bits per heavy atom. The molecule has 1 aliphatic carbocycles. The van der Waals surface area contributed by atoms with Crippen molar-refractivity contribution in [3.8, 4) is 0 Å². The highest BCUT2D eigenvalue weighted by molar-refractivity contribution is 5.91. The Kier molecular flexibility index (Phi) is 7.67. The summed E-state index contributed by atoms with van der Waals surface area (Å²) in [5.74, 6) is -0.750. The molecule has 2 amide bonds. The molecule has 2 fully saturated rings. The van der Waals surface area contributed by atoms with Crippen LogP contribution in [0.25, 0.3) is 0 Å². The van der Waals surface area contributed by atoms with E-state index in [-0.39, 0.29) is 18.2 Å². The Morgan fingerprint density at radius 3 is 2.45 bits per heavy atom. The number of nitrogens with one attached hydrogen (secondary N) is 1. The molecule has 1 aliphatic heterocycles. The molecule has 2 N–H and O–H groups in total. The third-order valence-electron chi connectivity index (χ3n) is 6.26. The van der Waals surface area contributed by atoms with Crippen LogP contribution in [-0.4, -0.2) is 46.4 Å². The van der Waals surface area contributed by atoms with Gasteiger partial charge in [0.2, 0.25) is 11.8 Å². The van der Waals surface area contributed by atoms with Crippen molar-refractivity contribution in [1.29, 1.82) is 0 Å². The monoisotopic (exact) mass is 400 g/mol. The van der Waals surface area contributed by atoms with E-state index >= 15 is 0 Å². The summed E-state index contributed by atoms with van der Waals surface area (Å²) in [4.78, 5) is 38.9. The van der Waals surface area contributed by atoms with Gasteiger partial charge in [-0.05, 0) is 30.7 Å². The van der Waals surface area contributed by atoms with Gasteiger partial charge in [0.05, 0.1) is 0 Å². The zero-order valence-electron chi connectivity index (χ0n) is 17.0. The second-order valence-corrected chi connectivity index (χ2v) is 8.38. The van der Waals surface area contributed by atoms with Crippen LogP contribution in [0.4, 0.5) is 0 Å². The predicted molar refractivity (Wildman–Crippen MR) is 110 cm³/mol. The molecule has 3 rings (SSSR count). The van der Waals surface area contributed by atoms with Crippen LogP contribution >= 0.6 is 0 Å². The van der Waals surface area contributed by atoms with Gasteiger partial charge in [0.25, 0.3) is 0 Å². The fourth-order valence-electron chi connectivity index (χ4n) is 4.60. The third-order valence-corrected chi connectivity index (χ3v) is 6.26. The van der Waals surface area contributed by atoms with Crippen molar-refractivity contribution in [3.63, 3.8) is 0 Å². The number of aliphatic carboxylic acids is 1. The first-order chi connectivity index (χ1) is 14.0. The molecule has 1 saturated carbocycles. The molecular weight excluding hydrogens is 368 g/mol. The van der Waals surface area contributed by atoms with Gasteiger partial charge < -0.3 is 15.3 Å². The first kappa shape index (κ1) is 21.3. The van der Waals surface area contributed by atoms with Crippen LogP contribution in [0.1, 0.15) is 63.4 Å². The lowest BCUT2D eigenvalue weighted by Gasteiger charge is -2.27. The largest absolute Gasteiger partial charge is 0.480 e. The normalized spacial score (nSPS) is 21.0. The molecule has 1 aromatic carbocycles. The third kappa shape index (κ3) is 6.05. The Morgan fingerprint density at radius 1 is 1.03 bits per heavy atom. The maximum Gasteiger partial charge on any atom is 0.326 e. The first-order valence-electron chi connectivity index (χ1n) is 10.9. The Bertz CT molecular complexity index is 700. The second-order valence-electron chi connectivity index (χ2n) is 8.38. The number of carboxylic acids is 1. The molecule has 1 saturated heterocycles. The SMILES string of the molecule is O=C(O)[C@H](Cc1ccccc1)NC(=O)[C@@H]1CCCN1C(=O)CCC1CCCCC1. The van der Waals surface area contributed by atoms with Crippen LogP contribution in [0.5, 0.6) is 0 Å². The van der Waals surface area contributed by atoms with E-state index < -0.39 is 18.1 Å². The van der Waals surface area contributed by atoms with Gasteiger partial charge in [-0.1, -0.05) is 62.4 Å². The van der Waals surface area contributed by atoms with Gasteiger partial charge in [-0.15, -0.1) is 0 Å². The average Bonchev–Trinajstić information content (AvgIpc) is 3.23. The lowest BCUT2D eigenvalue weighted by atomic mass is 9.86. The summed E-state index contributed by atoms with van der Waals surface area (Å²) < 4.78 is 0. The van der Waals surface area contributed by atoms with E-state index in [1.54, 1.807) is 4.90 Å². The van der Waals surface area contributed by atoms with Crippen LogP contribution in [0.15, 0.2) is 30.3 Å². The number of carbonyl (C=O) groups excluding carboxylic acids is 2. The molecule has 2 aliphatic rings. The number of amides is 2. The van der Waals surface area contributed by atoms with E-state index in [1.165, 1.54) is 32.1 Å². The number of rotatable bonds is 8. The van der Waals surface area contributed by atoms with Crippen molar-refractivity contribution in [2.75, 3.05) is 6.54 Å². The summed E-state index contributed by atoms with van der Waals surface area (Å²) in [5.41, 5.74) is 0.854. The van der Waals surface area contributed by atoms with E-state index in [0.717, 1.165) is 18.4 Å². The van der Waals surface area contributed by atoms with Crippen molar-refractivity contribution in [1.82, 2.24) is 10.2 Å². The standard InChI is InChI=1S/C23H32N2O4/c26-21(14-13-17-8-3-1-4-9-17)25-15-7-12-20(25)22(27)24-19(23(28)29)16-18-10-5-2-6-11-18/h2,5-6,10-11,17,19-20H,1,3-4,7-9,12-16H2,(H,24,27)(H,28,29)/t19-,20-/m0/s1. The molecule has 1 heterocycles. The topological polar surface area (TPSA) is 86.7 Å². The number of hydrogen-bond donors (Lipinski definition) is 2. The van der Waals surface area contributed by atoms with Crippen LogP contribution in [0, 0.1) is 5.92 Å². The molecule has 29 heavy (non-hydrogen) atoms. The summed E-state index contributed by atoms with van der Waals surface area (Å²) in [6.45, 7) is 0.581. The highest BCUT2D eigenvalue weighted by Gasteiger charge is 2.35. The van der Waals surface area contributed by atoms with Crippen LogP contribution in [0.2, 0.25) is 0 Å². The molecule has 6 nitrogen and oxygen atoms in total. The quantitative estimate of drug-likeness (QED) is 0.702. The van der Waals surface area contributed by atoms with Crippen molar-refractivity contribution >= 4 is 17.8 Å². The van der Waals surface area contributed by atoms with Crippen LogP contribution in [-0.2, 0) is 20.8 Å². The summed E-state index contributed by atoms with van der Waals surface area (Å²) in [7, 11) is 0. The molecule has 6 heteroatoms. The minimum atomic E-state index is -1.06. The van der Waals surface area contributed by atoms with Gasteiger partial charge >= 0.3 is 5.97 Å². The molecule has 1 aromatic rings. The minimum absolute atomic E-state index is 0.0307. The molecular formula is C23H32N2O4.